The minimum absolute atomic E-state index is 0.118. The molecule has 0 atom stereocenters. The minimum atomic E-state index is -0.454. The maximum Gasteiger partial charge on any atom is 0.491 e. The van der Waals surface area contributed by atoms with Gasteiger partial charge < -0.3 is 14.6 Å². The lowest BCUT2D eigenvalue weighted by atomic mass is 9.77. The Bertz CT molecular complexity index is 577. The van der Waals surface area contributed by atoms with E-state index in [-0.39, 0.29) is 5.28 Å². The van der Waals surface area contributed by atoms with E-state index in [0.29, 0.717) is 17.3 Å². The molecular formula is C14H20BCl2N3O2. The lowest BCUT2D eigenvalue weighted by Crippen LogP contribution is -2.41. The number of halogens is 2. The fraction of sp³-hybridized carbons (Fsp3) is 0.571. The number of hydrogen-bond acceptors (Lipinski definition) is 5. The Balaban J connectivity index is 2.33. The van der Waals surface area contributed by atoms with Crippen molar-refractivity contribution in [3.8, 4) is 0 Å². The highest BCUT2D eigenvalue weighted by molar-refractivity contribution is 6.56. The van der Waals surface area contributed by atoms with Crippen LogP contribution in [0.1, 0.15) is 33.3 Å². The van der Waals surface area contributed by atoms with Gasteiger partial charge in [0.25, 0.3) is 0 Å². The van der Waals surface area contributed by atoms with Crippen LogP contribution in [0.2, 0.25) is 10.4 Å². The third-order valence-electron chi connectivity index (χ3n) is 4.02. The molecule has 0 bridgehead atoms. The summed E-state index contributed by atoms with van der Waals surface area (Å²) < 4.78 is 12.1. The van der Waals surface area contributed by atoms with Gasteiger partial charge in [-0.15, -0.1) is 0 Å². The fourth-order valence-corrected chi connectivity index (χ4v) is 2.41. The molecule has 2 heterocycles. The number of nitrogens with one attached hydrogen (secondary N) is 1. The van der Waals surface area contributed by atoms with E-state index in [2.05, 4.69) is 15.3 Å². The van der Waals surface area contributed by atoms with Gasteiger partial charge in [-0.25, -0.2) is 9.97 Å². The van der Waals surface area contributed by atoms with Gasteiger partial charge in [0.2, 0.25) is 5.28 Å². The monoisotopic (exact) mass is 343 g/mol. The van der Waals surface area contributed by atoms with Crippen molar-refractivity contribution in [2.45, 2.75) is 38.9 Å². The normalized spacial score (nSPS) is 20.5. The van der Waals surface area contributed by atoms with Gasteiger partial charge in [0.05, 0.1) is 11.2 Å². The van der Waals surface area contributed by atoms with Crippen molar-refractivity contribution >= 4 is 36.4 Å². The zero-order valence-corrected chi connectivity index (χ0v) is 14.9. The van der Waals surface area contributed by atoms with E-state index >= 15 is 0 Å². The molecule has 5 nitrogen and oxygen atoms in total. The van der Waals surface area contributed by atoms with Crippen molar-refractivity contribution in [2.24, 2.45) is 0 Å². The molecule has 0 unspecified atom stereocenters. The quantitative estimate of drug-likeness (QED) is 0.517. The predicted molar refractivity (Wildman–Crippen MR) is 90.0 cm³/mol. The molecule has 1 N–H and O–H groups in total. The molecule has 0 saturated carbocycles. The highest BCUT2D eigenvalue weighted by Gasteiger charge is 2.52. The second-order valence-electron chi connectivity index (χ2n) is 6.22. The summed E-state index contributed by atoms with van der Waals surface area (Å²) in [6.07, 6.45) is 3.45. The van der Waals surface area contributed by atoms with E-state index in [4.69, 9.17) is 32.5 Å². The molecule has 1 fully saturated rings. The van der Waals surface area contributed by atoms with Crippen LogP contribution in [-0.4, -0.2) is 41.9 Å². The van der Waals surface area contributed by atoms with Gasteiger partial charge in [-0.1, -0.05) is 17.7 Å². The van der Waals surface area contributed by atoms with Crippen molar-refractivity contribution in [3.05, 3.63) is 27.7 Å². The molecule has 1 saturated heterocycles. The molecule has 1 aromatic heterocycles. The molecule has 0 aliphatic carbocycles. The molecule has 2 rings (SSSR count). The average molecular weight is 344 g/mol. The summed E-state index contributed by atoms with van der Waals surface area (Å²) in [5.41, 5.74) is 0.787. The maximum absolute atomic E-state index is 6.11. The Morgan fingerprint density at radius 1 is 1.27 bits per heavy atom. The highest BCUT2D eigenvalue weighted by atomic mass is 35.5. The average Bonchev–Trinajstić information content (AvgIpc) is 2.61. The van der Waals surface area contributed by atoms with Crippen molar-refractivity contribution in [1.82, 2.24) is 15.3 Å². The van der Waals surface area contributed by atoms with Crippen molar-refractivity contribution in [2.75, 3.05) is 13.6 Å². The van der Waals surface area contributed by atoms with Crippen molar-refractivity contribution < 1.29 is 9.31 Å². The zero-order valence-electron chi connectivity index (χ0n) is 13.4. The third-order valence-corrected chi connectivity index (χ3v) is 4.50. The Hall–Kier alpha value is -0.655. The second-order valence-corrected chi connectivity index (χ2v) is 6.92. The van der Waals surface area contributed by atoms with E-state index < -0.39 is 18.3 Å². The lowest BCUT2D eigenvalue weighted by Gasteiger charge is -2.32. The van der Waals surface area contributed by atoms with Crippen LogP contribution in [0.5, 0.6) is 0 Å². The minimum Gasteiger partial charge on any atom is -0.400 e. The van der Waals surface area contributed by atoms with Crippen LogP contribution >= 0.6 is 23.2 Å². The first kappa shape index (κ1) is 17.7. The summed E-state index contributed by atoms with van der Waals surface area (Å²) in [5.74, 6) is 0. The molecule has 0 amide bonds. The first-order valence-corrected chi connectivity index (χ1v) is 7.80. The molecule has 0 aromatic carbocycles. The number of nitrogens with zero attached hydrogens (tertiary/aromatic N) is 2. The largest absolute Gasteiger partial charge is 0.491 e. The number of aromatic nitrogens is 2. The molecule has 0 spiro atoms. The molecule has 1 aliphatic rings. The molecular weight excluding hydrogens is 324 g/mol. The first-order chi connectivity index (χ1) is 10.2. The predicted octanol–water partition coefficient (Wildman–Crippen LogP) is 3.02. The van der Waals surface area contributed by atoms with Crippen LogP contribution in [0.25, 0.3) is 6.08 Å². The van der Waals surface area contributed by atoms with Crippen LogP contribution in [0.15, 0.2) is 11.7 Å². The summed E-state index contributed by atoms with van der Waals surface area (Å²) in [6.45, 7) is 8.66. The van der Waals surface area contributed by atoms with Crippen LogP contribution in [0.4, 0.5) is 0 Å². The van der Waals surface area contributed by atoms with Gasteiger partial charge in [0, 0.05) is 18.3 Å². The summed E-state index contributed by atoms with van der Waals surface area (Å²) in [7, 11) is 1.41. The Labute approximate surface area is 141 Å². The smallest absolute Gasteiger partial charge is 0.400 e. The number of likely N-dealkylation sites (N-methyl/N-ethyl adjacent to an activating group) is 1. The Morgan fingerprint density at radius 3 is 2.36 bits per heavy atom. The second kappa shape index (κ2) is 6.45. The standard InChI is InChI=1S/C14H20BCl2N3O2/c1-13(2)14(3,4)22-15(21-13)10(8-18-5)6-9-7-19-12(17)20-11(9)16/h6-7,18H,8H2,1-5H3. The topological polar surface area (TPSA) is 56.3 Å². The fourth-order valence-electron chi connectivity index (χ4n) is 2.05. The van der Waals surface area contributed by atoms with Crippen molar-refractivity contribution in [3.63, 3.8) is 0 Å². The van der Waals surface area contributed by atoms with Gasteiger partial charge in [0.1, 0.15) is 5.15 Å². The molecule has 1 aromatic rings. The van der Waals surface area contributed by atoms with E-state index in [1.54, 1.807) is 6.20 Å². The third kappa shape index (κ3) is 3.63. The van der Waals surface area contributed by atoms with E-state index in [1.807, 2.05) is 40.8 Å². The summed E-state index contributed by atoms with van der Waals surface area (Å²) >= 11 is 11.8. The summed E-state index contributed by atoms with van der Waals surface area (Å²) in [4.78, 5) is 7.90. The lowest BCUT2D eigenvalue weighted by molar-refractivity contribution is 0.00578. The molecule has 0 radical (unpaired) electrons. The van der Waals surface area contributed by atoms with Crippen LogP contribution in [-0.2, 0) is 9.31 Å². The number of hydrogen-bond donors (Lipinski definition) is 1. The molecule has 120 valence electrons. The molecule has 1 aliphatic heterocycles. The highest BCUT2D eigenvalue weighted by Crippen LogP contribution is 2.38. The van der Waals surface area contributed by atoms with Crippen LogP contribution in [0.3, 0.4) is 0 Å². The van der Waals surface area contributed by atoms with Gasteiger partial charge >= 0.3 is 7.12 Å². The zero-order chi connectivity index (χ0) is 16.5. The number of rotatable bonds is 4. The Morgan fingerprint density at radius 2 is 1.86 bits per heavy atom. The molecule has 22 heavy (non-hydrogen) atoms. The van der Waals surface area contributed by atoms with Gasteiger partial charge in [-0.3, -0.25) is 0 Å². The van der Waals surface area contributed by atoms with Gasteiger partial charge in [-0.05, 0) is 51.8 Å². The van der Waals surface area contributed by atoms with Crippen LogP contribution in [0, 0.1) is 0 Å². The maximum atomic E-state index is 6.11. The first-order valence-electron chi connectivity index (χ1n) is 7.05. The summed E-state index contributed by atoms with van der Waals surface area (Å²) in [6, 6.07) is 0. The Kier molecular flexibility index (Phi) is 5.19. The SMILES string of the molecule is CNCC(=Cc1cnc(Cl)nc1Cl)B1OC(C)(C)C(C)(C)O1. The molecule has 8 heteroatoms. The summed E-state index contributed by atoms with van der Waals surface area (Å²) in [5, 5.41) is 3.53. The van der Waals surface area contributed by atoms with E-state index in [1.165, 1.54) is 0 Å². The van der Waals surface area contributed by atoms with E-state index in [9.17, 15) is 0 Å². The van der Waals surface area contributed by atoms with Crippen LogP contribution < -0.4 is 5.32 Å². The van der Waals surface area contributed by atoms with E-state index in [0.717, 1.165) is 5.47 Å². The van der Waals surface area contributed by atoms with Crippen molar-refractivity contribution in [1.29, 1.82) is 0 Å². The van der Waals surface area contributed by atoms with Gasteiger partial charge in [0.15, 0.2) is 0 Å². The van der Waals surface area contributed by atoms with Gasteiger partial charge in [-0.2, -0.15) is 0 Å².